The van der Waals surface area contributed by atoms with Crippen LogP contribution < -0.4 is 0 Å². The van der Waals surface area contributed by atoms with Crippen molar-refractivity contribution in [3.05, 3.63) is 0 Å². The lowest BCUT2D eigenvalue weighted by Crippen LogP contribution is -2.32. The third-order valence-corrected chi connectivity index (χ3v) is 6.82. The molecule has 3 nitrogen and oxygen atoms in total. The van der Waals surface area contributed by atoms with Crippen LogP contribution in [0.5, 0.6) is 0 Å². The van der Waals surface area contributed by atoms with Gasteiger partial charge < -0.3 is 9.47 Å². The van der Waals surface area contributed by atoms with E-state index in [0.717, 1.165) is 29.8 Å². The van der Waals surface area contributed by atoms with Gasteiger partial charge in [0, 0.05) is 10.5 Å². The maximum absolute atomic E-state index is 12.2. The van der Waals surface area contributed by atoms with E-state index in [4.69, 9.17) is 9.47 Å². The summed E-state index contributed by atoms with van der Waals surface area (Å²) in [5.41, 5.74) is 0. The molecule has 0 bridgehead atoms. The van der Waals surface area contributed by atoms with E-state index in [-0.39, 0.29) is 18.0 Å². The molecule has 4 fully saturated rings. The number of carbonyl (C=O) groups is 1. The van der Waals surface area contributed by atoms with Gasteiger partial charge in [0.15, 0.2) is 0 Å². The van der Waals surface area contributed by atoms with E-state index in [1.54, 1.807) is 0 Å². The second-order valence-electron chi connectivity index (χ2n) is 6.65. The number of carbonyl (C=O) groups excluding carboxylic acids is 1. The SMILES string of the molecule is CC(OC(=O)C1CCC2OC2C1)C1CCC2SC2C1. The number of fused-ring (bicyclic) bond motifs is 2. The van der Waals surface area contributed by atoms with E-state index in [1.165, 1.54) is 19.3 Å². The minimum absolute atomic E-state index is 0.0343. The molecule has 2 saturated carbocycles. The molecule has 106 valence electrons. The number of epoxide rings is 1. The predicted octanol–water partition coefficient (Wildman–Crippen LogP) is 2.77. The Bertz CT molecular complexity index is 386. The Labute approximate surface area is 118 Å². The normalized spacial score (nSPS) is 48.7. The molecule has 0 amide bonds. The van der Waals surface area contributed by atoms with Crippen molar-refractivity contribution in [2.24, 2.45) is 11.8 Å². The minimum atomic E-state index is 0.0343. The maximum atomic E-state index is 12.2. The molecule has 0 N–H and O–H groups in total. The Morgan fingerprint density at radius 2 is 2.05 bits per heavy atom. The third-order valence-electron chi connectivity index (χ3n) is 5.35. The zero-order valence-electron chi connectivity index (χ0n) is 11.4. The molecule has 4 aliphatic rings. The van der Waals surface area contributed by atoms with Gasteiger partial charge in [0.25, 0.3) is 0 Å². The predicted molar refractivity (Wildman–Crippen MR) is 74.1 cm³/mol. The van der Waals surface area contributed by atoms with Gasteiger partial charge in [-0.3, -0.25) is 4.79 Å². The van der Waals surface area contributed by atoms with Gasteiger partial charge >= 0.3 is 5.97 Å². The van der Waals surface area contributed by atoms with Gasteiger partial charge in [-0.15, -0.1) is 0 Å². The second kappa shape index (κ2) is 4.66. The van der Waals surface area contributed by atoms with Gasteiger partial charge in [-0.1, -0.05) is 0 Å². The first-order valence-corrected chi connectivity index (χ1v) is 8.66. The summed E-state index contributed by atoms with van der Waals surface area (Å²) in [7, 11) is 0. The van der Waals surface area contributed by atoms with Crippen molar-refractivity contribution >= 4 is 17.7 Å². The van der Waals surface area contributed by atoms with Crippen LogP contribution in [-0.4, -0.2) is 34.8 Å². The molecule has 0 aromatic rings. The highest BCUT2D eigenvalue weighted by Crippen LogP contribution is 2.53. The monoisotopic (exact) mass is 282 g/mol. The Hall–Kier alpha value is -0.220. The number of rotatable bonds is 3. The van der Waals surface area contributed by atoms with Crippen molar-refractivity contribution < 1.29 is 14.3 Å². The Morgan fingerprint density at radius 1 is 1.16 bits per heavy atom. The highest BCUT2D eigenvalue weighted by Gasteiger charge is 2.47. The number of hydrogen-bond acceptors (Lipinski definition) is 4. The smallest absolute Gasteiger partial charge is 0.309 e. The molecular formula is C15H22O3S. The van der Waals surface area contributed by atoms with Crippen LogP contribution in [0.2, 0.25) is 0 Å². The molecule has 4 rings (SSSR count). The third kappa shape index (κ3) is 2.54. The summed E-state index contributed by atoms with van der Waals surface area (Å²) in [4.78, 5) is 12.2. The fourth-order valence-electron chi connectivity index (χ4n) is 3.86. The van der Waals surface area contributed by atoms with Gasteiger partial charge in [0.2, 0.25) is 0 Å². The molecule has 0 aromatic heterocycles. The summed E-state index contributed by atoms with van der Waals surface area (Å²) in [5, 5.41) is 1.80. The Morgan fingerprint density at radius 3 is 2.84 bits per heavy atom. The average Bonchev–Trinajstić information content (AvgIpc) is 3.30. The number of ether oxygens (including phenoxy) is 2. The van der Waals surface area contributed by atoms with Crippen molar-refractivity contribution in [3.63, 3.8) is 0 Å². The first kappa shape index (κ1) is 12.5. The lowest BCUT2D eigenvalue weighted by atomic mass is 9.85. The van der Waals surface area contributed by atoms with Crippen LogP contribution in [0, 0.1) is 11.8 Å². The van der Waals surface area contributed by atoms with Crippen LogP contribution in [0.3, 0.4) is 0 Å². The standard InChI is InChI=1S/C15H22O3S/c1-8(9-3-5-13-14(7-9)19-13)17-15(16)10-2-4-11-12(6-10)18-11/h8-14H,2-7H2,1H3. The molecule has 2 aliphatic carbocycles. The lowest BCUT2D eigenvalue weighted by Gasteiger charge is -2.28. The average molecular weight is 282 g/mol. The molecule has 7 unspecified atom stereocenters. The molecule has 2 heterocycles. The van der Waals surface area contributed by atoms with E-state index >= 15 is 0 Å². The quantitative estimate of drug-likeness (QED) is 0.589. The molecular weight excluding hydrogens is 260 g/mol. The second-order valence-corrected chi connectivity index (χ2v) is 8.13. The van der Waals surface area contributed by atoms with Gasteiger partial charge in [-0.05, 0) is 51.4 Å². The van der Waals surface area contributed by atoms with Crippen molar-refractivity contribution in [1.82, 2.24) is 0 Å². The number of hydrogen-bond donors (Lipinski definition) is 0. The summed E-state index contributed by atoms with van der Waals surface area (Å²) in [6, 6.07) is 0. The van der Waals surface area contributed by atoms with E-state index in [2.05, 4.69) is 18.7 Å². The van der Waals surface area contributed by atoms with E-state index in [1.807, 2.05) is 0 Å². The first-order valence-electron chi connectivity index (χ1n) is 7.72. The summed E-state index contributed by atoms with van der Waals surface area (Å²) in [5.74, 6) is 0.721. The number of thioether (sulfide) groups is 1. The first-order chi connectivity index (χ1) is 9.20. The molecule has 2 saturated heterocycles. The van der Waals surface area contributed by atoms with Crippen molar-refractivity contribution in [2.45, 2.75) is 74.3 Å². The van der Waals surface area contributed by atoms with Crippen molar-refractivity contribution in [2.75, 3.05) is 0 Å². The number of esters is 1. The molecule has 2 aliphatic heterocycles. The summed E-state index contributed by atoms with van der Waals surface area (Å²) in [6.45, 7) is 2.09. The fraction of sp³-hybridized carbons (Fsp3) is 0.933. The van der Waals surface area contributed by atoms with E-state index in [0.29, 0.717) is 18.1 Å². The zero-order chi connectivity index (χ0) is 13.0. The highest BCUT2D eigenvalue weighted by molar-refractivity contribution is 8.07. The van der Waals surface area contributed by atoms with Gasteiger partial charge in [-0.2, -0.15) is 11.8 Å². The van der Waals surface area contributed by atoms with Crippen molar-refractivity contribution in [1.29, 1.82) is 0 Å². The van der Waals surface area contributed by atoms with Crippen LogP contribution in [0.25, 0.3) is 0 Å². The van der Waals surface area contributed by atoms with Crippen LogP contribution in [0.15, 0.2) is 0 Å². The van der Waals surface area contributed by atoms with Gasteiger partial charge in [0.1, 0.15) is 6.10 Å². The molecule has 0 spiro atoms. The van der Waals surface area contributed by atoms with Crippen LogP contribution >= 0.6 is 11.8 Å². The van der Waals surface area contributed by atoms with E-state index in [9.17, 15) is 4.79 Å². The summed E-state index contributed by atoms with van der Waals surface area (Å²) >= 11 is 2.12. The van der Waals surface area contributed by atoms with Crippen molar-refractivity contribution in [3.8, 4) is 0 Å². The zero-order valence-corrected chi connectivity index (χ0v) is 12.2. The maximum Gasteiger partial charge on any atom is 0.309 e. The van der Waals surface area contributed by atoms with Crippen LogP contribution in [0.1, 0.15) is 45.4 Å². The summed E-state index contributed by atoms with van der Waals surface area (Å²) < 4.78 is 11.2. The Balaban J connectivity index is 1.28. The molecule has 4 heteroatoms. The summed E-state index contributed by atoms with van der Waals surface area (Å²) in [6.07, 6.45) is 7.63. The van der Waals surface area contributed by atoms with Gasteiger partial charge in [0.05, 0.1) is 18.1 Å². The molecule has 19 heavy (non-hydrogen) atoms. The van der Waals surface area contributed by atoms with Gasteiger partial charge in [-0.25, -0.2) is 0 Å². The van der Waals surface area contributed by atoms with E-state index < -0.39 is 0 Å². The van der Waals surface area contributed by atoms with Crippen LogP contribution in [0.4, 0.5) is 0 Å². The highest BCUT2D eigenvalue weighted by atomic mass is 32.2. The largest absolute Gasteiger partial charge is 0.462 e. The minimum Gasteiger partial charge on any atom is -0.462 e. The molecule has 0 radical (unpaired) electrons. The Kier molecular flexibility index (Phi) is 3.07. The molecule has 0 aromatic carbocycles. The topological polar surface area (TPSA) is 38.8 Å². The van der Waals surface area contributed by atoms with Crippen LogP contribution in [-0.2, 0) is 14.3 Å². The lowest BCUT2D eigenvalue weighted by molar-refractivity contribution is -0.157. The molecule has 7 atom stereocenters. The fourth-order valence-corrected chi connectivity index (χ4v) is 5.09.